The SMILES string of the molecule is COc1cc(-c2ccnc(-c3c(C(F)(F)F)[nH]ccc3=O)n2)cc([N+](=O)[O-])c1OC. The average Bonchev–Trinajstić information content (AvgIpc) is 2.71. The topological polar surface area (TPSA) is 120 Å². The van der Waals surface area contributed by atoms with Gasteiger partial charge in [0.1, 0.15) is 5.69 Å². The number of aromatic nitrogens is 3. The van der Waals surface area contributed by atoms with Gasteiger partial charge in [0.05, 0.1) is 30.4 Å². The number of nitro benzene ring substituents is 1. The number of benzene rings is 1. The van der Waals surface area contributed by atoms with Crippen LogP contribution in [0.4, 0.5) is 18.9 Å². The van der Waals surface area contributed by atoms with Crippen molar-refractivity contribution in [2.75, 3.05) is 14.2 Å². The molecular weight excluding hydrogens is 409 g/mol. The normalized spacial score (nSPS) is 11.2. The van der Waals surface area contributed by atoms with Crippen molar-refractivity contribution in [3.63, 3.8) is 0 Å². The fraction of sp³-hybridized carbons (Fsp3) is 0.167. The van der Waals surface area contributed by atoms with Crippen molar-refractivity contribution >= 4 is 5.69 Å². The van der Waals surface area contributed by atoms with E-state index < -0.39 is 39.3 Å². The summed E-state index contributed by atoms with van der Waals surface area (Å²) in [5.41, 5.74) is -3.23. The maximum atomic E-state index is 13.3. The van der Waals surface area contributed by atoms with Crippen LogP contribution in [-0.2, 0) is 6.18 Å². The van der Waals surface area contributed by atoms with Crippen molar-refractivity contribution in [3.05, 3.63) is 62.7 Å². The molecule has 2 heterocycles. The molecule has 12 heteroatoms. The molecule has 9 nitrogen and oxygen atoms in total. The predicted octanol–water partition coefficient (Wildman–Crippen LogP) is 3.44. The van der Waals surface area contributed by atoms with Crippen LogP contribution in [0.3, 0.4) is 0 Å². The van der Waals surface area contributed by atoms with E-state index in [0.29, 0.717) is 0 Å². The summed E-state index contributed by atoms with van der Waals surface area (Å²) in [5, 5.41) is 11.4. The number of alkyl halides is 3. The third-order valence-electron chi connectivity index (χ3n) is 4.07. The van der Waals surface area contributed by atoms with Gasteiger partial charge in [0, 0.05) is 30.1 Å². The number of methoxy groups -OCH3 is 2. The average molecular weight is 422 g/mol. The van der Waals surface area contributed by atoms with Crippen LogP contribution in [-0.4, -0.2) is 34.1 Å². The second-order valence-corrected chi connectivity index (χ2v) is 5.84. The van der Waals surface area contributed by atoms with Crippen molar-refractivity contribution in [1.82, 2.24) is 15.0 Å². The largest absolute Gasteiger partial charge is 0.493 e. The minimum absolute atomic E-state index is 0.0235. The molecule has 3 rings (SSSR count). The fourth-order valence-corrected chi connectivity index (χ4v) is 2.79. The monoisotopic (exact) mass is 422 g/mol. The van der Waals surface area contributed by atoms with E-state index in [2.05, 4.69) is 9.97 Å². The van der Waals surface area contributed by atoms with E-state index in [-0.39, 0.29) is 22.8 Å². The van der Waals surface area contributed by atoms with Gasteiger partial charge in [-0.05, 0) is 12.1 Å². The summed E-state index contributed by atoms with van der Waals surface area (Å²) in [7, 11) is 2.50. The van der Waals surface area contributed by atoms with Crippen LogP contribution >= 0.6 is 0 Å². The molecule has 3 aromatic rings. The second kappa shape index (κ2) is 7.81. The molecule has 0 amide bonds. The number of pyridine rings is 1. The summed E-state index contributed by atoms with van der Waals surface area (Å²) in [4.78, 5) is 32.6. The third-order valence-corrected chi connectivity index (χ3v) is 4.07. The first-order valence-corrected chi connectivity index (χ1v) is 8.20. The van der Waals surface area contributed by atoms with Crippen LogP contribution in [0.15, 0.2) is 41.5 Å². The van der Waals surface area contributed by atoms with E-state index in [0.717, 1.165) is 24.5 Å². The molecule has 0 spiro atoms. The van der Waals surface area contributed by atoms with Gasteiger partial charge in [0.25, 0.3) is 0 Å². The Bertz CT molecular complexity index is 1180. The number of nitrogens with zero attached hydrogens (tertiary/aromatic N) is 3. The molecule has 0 atom stereocenters. The second-order valence-electron chi connectivity index (χ2n) is 5.84. The Morgan fingerprint density at radius 1 is 1.17 bits per heavy atom. The lowest BCUT2D eigenvalue weighted by Crippen LogP contribution is -2.18. The number of nitrogens with one attached hydrogen (secondary N) is 1. The standard InChI is InChI=1S/C18H13F3N4O5/c1-29-13-8-9(7-11(25(27)28)15(13)30-2)10-3-5-23-17(24-10)14-12(26)4-6-22-16(14)18(19,20)21/h3-8H,1-2H3,(H,22,26). The van der Waals surface area contributed by atoms with Crippen LogP contribution < -0.4 is 14.9 Å². The fourth-order valence-electron chi connectivity index (χ4n) is 2.79. The zero-order chi connectivity index (χ0) is 22.1. The smallest absolute Gasteiger partial charge is 0.432 e. The Labute approximate surface area is 166 Å². The minimum atomic E-state index is -4.85. The number of aromatic amines is 1. The number of H-pyrrole nitrogens is 1. The van der Waals surface area contributed by atoms with Crippen molar-refractivity contribution < 1.29 is 27.6 Å². The molecule has 2 aromatic heterocycles. The van der Waals surface area contributed by atoms with Gasteiger partial charge in [-0.15, -0.1) is 0 Å². The maximum absolute atomic E-state index is 13.3. The van der Waals surface area contributed by atoms with Crippen molar-refractivity contribution in [3.8, 4) is 34.1 Å². The van der Waals surface area contributed by atoms with Crippen molar-refractivity contribution in [2.24, 2.45) is 0 Å². The third kappa shape index (κ3) is 3.79. The number of hydrogen-bond acceptors (Lipinski definition) is 7. The number of halogens is 3. The summed E-state index contributed by atoms with van der Waals surface area (Å²) < 4.78 is 50.1. The van der Waals surface area contributed by atoms with Gasteiger partial charge in [0.2, 0.25) is 5.75 Å². The summed E-state index contributed by atoms with van der Waals surface area (Å²) in [6.07, 6.45) is -2.83. The Morgan fingerprint density at radius 3 is 2.50 bits per heavy atom. The Kier molecular flexibility index (Phi) is 5.41. The molecule has 0 aliphatic rings. The number of rotatable bonds is 5. The maximum Gasteiger partial charge on any atom is 0.432 e. The molecule has 0 radical (unpaired) electrons. The predicted molar refractivity (Wildman–Crippen MR) is 98.3 cm³/mol. The molecular formula is C18H13F3N4O5. The van der Waals surface area contributed by atoms with E-state index in [1.165, 1.54) is 26.4 Å². The Morgan fingerprint density at radius 2 is 1.90 bits per heavy atom. The van der Waals surface area contributed by atoms with Gasteiger partial charge < -0.3 is 14.5 Å². The van der Waals surface area contributed by atoms with Gasteiger partial charge in [-0.2, -0.15) is 13.2 Å². The van der Waals surface area contributed by atoms with Crippen LogP contribution in [0.1, 0.15) is 5.69 Å². The molecule has 0 saturated carbocycles. The number of ether oxygens (including phenoxy) is 2. The van der Waals surface area contributed by atoms with Crippen LogP contribution in [0, 0.1) is 10.1 Å². The van der Waals surface area contributed by atoms with Gasteiger partial charge >= 0.3 is 11.9 Å². The van der Waals surface area contributed by atoms with E-state index in [9.17, 15) is 28.1 Å². The highest BCUT2D eigenvalue weighted by molar-refractivity contribution is 5.72. The molecule has 0 aliphatic carbocycles. The van der Waals surface area contributed by atoms with Gasteiger partial charge in [0.15, 0.2) is 17.0 Å². The zero-order valence-corrected chi connectivity index (χ0v) is 15.5. The Hall–Kier alpha value is -3.96. The van der Waals surface area contributed by atoms with Gasteiger partial charge in [-0.1, -0.05) is 0 Å². The van der Waals surface area contributed by atoms with E-state index >= 15 is 0 Å². The zero-order valence-electron chi connectivity index (χ0n) is 15.5. The highest BCUT2D eigenvalue weighted by Crippen LogP contribution is 2.41. The highest BCUT2D eigenvalue weighted by atomic mass is 19.4. The molecule has 0 fully saturated rings. The molecule has 30 heavy (non-hydrogen) atoms. The summed E-state index contributed by atoms with van der Waals surface area (Å²) in [6.45, 7) is 0. The summed E-state index contributed by atoms with van der Waals surface area (Å²) in [5.74, 6) is -0.589. The van der Waals surface area contributed by atoms with Gasteiger partial charge in [-0.25, -0.2) is 9.97 Å². The summed E-state index contributed by atoms with van der Waals surface area (Å²) in [6, 6.07) is 4.76. The van der Waals surface area contributed by atoms with Gasteiger partial charge in [-0.3, -0.25) is 14.9 Å². The molecule has 156 valence electrons. The number of nitro groups is 1. The minimum Gasteiger partial charge on any atom is -0.493 e. The molecule has 0 unspecified atom stereocenters. The van der Waals surface area contributed by atoms with Crippen molar-refractivity contribution in [1.29, 1.82) is 0 Å². The van der Waals surface area contributed by atoms with E-state index in [1.54, 1.807) is 0 Å². The Balaban J connectivity index is 2.23. The van der Waals surface area contributed by atoms with E-state index in [1.807, 2.05) is 4.98 Å². The molecule has 0 saturated heterocycles. The lowest BCUT2D eigenvalue weighted by Gasteiger charge is -2.12. The lowest BCUT2D eigenvalue weighted by atomic mass is 10.1. The summed E-state index contributed by atoms with van der Waals surface area (Å²) >= 11 is 0. The first-order chi connectivity index (χ1) is 14.2. The highest BCUT2D eigenvalue weighted by Gasteiger charge is 2.36. The van der Waals surface area contributed by atoms with E-state index in [4.69, 9.17) is 9.47 Å². The first-order valence-electron chi connectivity index (χ1n) is 8.20. The number of hydrogen-bond donors (Lipinski definition) is 1. The quantitative estimate of drug-likeness (QED) is 0.494. The molecule has 0 aliphatic heterocycles. The lowest BCUT2D eigenvalue weighted by molar-refractivity contribution is -0.385. The van der Waals surface area contributed by atoms with Crippen LogP contribution in [0.5, 0.6) is 11.5 Å². The first kappa shape index (κ1) is 20.8. The van der Waals surface area contributed by atoms with Crippen molar-refractivity contribution in [2.45, 2.75) is 6.18 Å². The van der Waals surface area contributed by atoms with Crippen LogP contribution in [0.25, 0.3) is 22.6 Å². The van der Waals surface area contributed by atoms with Crippen LogP contribution in [0.2, 0.25) is 0 Å². The molecule has 0 bridgehead atoms. The molecule has 1 aromatic carbocycles. The molecule has 1 N–H and O–H groups in total.